The zero-order valence-electron chi connectivity index (χ0n) is 28.6. The predicted octanol–water partition coefficient (Wildman–Crippen LogP) is 9.15. The minimum absolute atomic E-state index is 0.298. The molecule has 1 aliphatic carbocycles. The maximum Gasteiger partial charge on any atom is 0.225 e. The van der Waals surface area contributed by atoms with Gasteiger partial charge in [-0.05, 0) is 93.6 Å². The predicted molar refractivity (Wildman–Crippen MR) is 213 cm³/mol. The Balaban J connectivity index is 0.984. The van der Waals surface area contributed by atoms with Gasteiger partial charge in [-0.1, -0.05) is 103 Å². The van der Waals surface area contributed by atoms with Crippen molar-refractivity contribution in [3.63, 3.8) is 0 Å². The smallest absolute Gasteiger partial charge is 0.225 e. The molecule has 4 heterocycles. The van der Waals surface area contributed by atoms with E-state index in [0.29, 0.717) is 18.2 Å². The van der Waals surface area contributed by atoms with Crippen molar-refractivity contribution in [3.8, 4) is 16.8 Å². The number of para-hydroxylation sites is 2. The summed E-state index contributed by atoms with van der Waals surface area (Å²) in [6.07, 6.45) is 6.31. The minimum atomic E-state index is 0.298. The first kappa shape index (κ1) is 28.5. The number of allylic oxidation sites excluding steroid dienone is 2. The number of anilines is 1. The Kier molecular flexibility index (Phi) is 5.84. The molecule has 0 spiro atoms. The second-order valence-corrected chi connectivity index (χ2v) is 14.8. The summed E-state index contributed by atoms with van der Waals surface area (Å²) >= 11 is 0. The lowest BCUT2D eigenvalue weighted by Crippen LogP contribution is -3.02. The summed E-state index contributed by atoms with van der Waals surface area (Å²) in [5.74, 6) is 0. The molecule has 0 fully saturated rings. The Labute approximate surface area is 302 Å². The SMILES string of the molecule is C1=C(c2ccc3c(c2)c2ccccc2n3-c2ccccc2)C=C2c3c4c(cc5ccccc35)C3[NH2+]c5cc(-c6ccccc6)ccc5[NH2+]C3N4C2C1. The van der Waals surface area contributed by atoms with Gasteiger partial charge in [-0.25, -0.2) is 0 Å². The second kappa shape index (κ2) is 10.7. The first-order chi connectivity index (χ1) is 25.8. The fourth-order valence-electron chi connectivity index (χ4n) is 9.88. The summed E-state index contributed by atoms with van der Waals surface area (Å²) in [7, 11) is 0. The molecule has 0 saturated carbocycles. The third kappa shape index (κ3) is 3.93. The summed E-state index contributed by atoms with van der Waals surface area (Å²) in [6, 6.07) is 56.6. The van der Waals surface area contributed by atoms with Gasteiger partial charge in [0.2, 0.25) is 6.17 Å². The van der Waals surface area contributed by atoms with Gasteiger partial charge in [0.05, 0.1) is 22.8 Å². The second-order valence-electron chi connectivity index (χ2n) is 14.8. The van der Waals surface area contributed by atoms with Crippen molar-refractivity contribution in [3.05, 3.63) is 181 Å². The zero-order chi connectivity index (χ0) is 33.9. The lowest BCUT2D eigenvalue weighted by Gasteiger charge is -2.34. The molecule has 7 aromatic carbocycles. The van der Waals surface area contributed by atoms with E-state index in [4.69, 9.17) is 0 Å². The number of aromatic nitrogens is 1. The summed E-state index contributed by atoms with van der Waals surface area (Å²) in [4.78, 5) is 2.78. The third-order valence-electron chi connectivity index (χ3n) is 12.1. The highest BCUT2D eigenvalue weighted by molar-refractivity contribution is 6.12. The zero-order valence-corrected chi connectivity index (χ0v) is 28.6. The van der Waals surface area contributed by atoms with Crippen LogP contribution in [0.5, 0.6) is 0 Å². The van der Waals surface area contributed by atoms with Crippen LogP contribution < -0.4 is 15.5 Å². The van der Waals surface area contributed by atoms with Crippen molar-refractivity contribution < 1.29 is 10.6 Å². The number of nitrogens with zero attached hydrogens (tertiary/aromatic N) is 2. The van der Waals surface area contributed by atoms with E-state index >= 15 is 0 Å². The van der Waals surface area contributed by atoms with Crippen molar-refractivity contribution in [2.75, 3.05) is 4.90 Å². The fourth-order valence-corrected chi connectivity index (χ4v) is 9.88. The number of fused-ring (bicyclic) bond motifs is 12. The molecular weight excluding hydrogens is 633 g/mol. The van der Waals surface area contributed by atoms with Crippen LogP contribution in [0.2, 0.25) is 0 Å². The minimum Gasteiger partial charge on any atom is -0.309 e. The molecule has 3 aliphatic heterocycles. The highest BCUT2D eigenvalue weighted by Gasteiger charge is 2.56. The molecule has 0 amide bonds. The van der Waals surface area contributed by atoms with Crippen LogP contribution in [0.15, 0.2) is 164 Å². The normalized spacial score (nSPS) is 19.7. The Morgan fingerprint density at radius 1 is 0.558 bits per heavy atom. The fraction of sp³-hybridized carbons (Fsp3) is 0.0833. The number of rotatable bonds is 3. The van der Waals surface area contributed by atoms with Crippen LogP contribution >= 0.6 is 0 Å². The van der Waals surface area contributed by atoms with E-state index < -0.39 is 0 Å². The van der Waals surface area contributed by atoms with E-state index in [-0.39, 0.29) is 0 Å². The van der Waals surface area contributed by atoms with Gasteiger partial charge in [0.15, 0.2) is 17.4 Å². The molecular formula is C48H36N4+2. The number of benzene rings is 7. The Morgan fingerprint density at radius 2 is 1.31 bits per heavy atom. The topological polar surface area (TPSA) is 41.4 Å². The average Bonchev–Trinajstić information content (AvgIpc) is 3.84. The van der Waals surface area contributed by atoms with Gasteiger partial charge in [0, 0.05) is 39.7 Å². The molecule has 1 aromatic heterocycles. The molecule has 3 unspecified atom stereocenters. The van der Waals surface area contributed by atoms with E-state index in [9.17, 15) is 0 Å². The van der Waals surface area contributed by atoms with Crippen molar-refractivity contribution in [2.45, 2.75) is 24.7 Å². The molecule has 8 aromatic rings. The molecule has 0 bridgehead atoms. The highest BCUT2D eigenvalue weighted by atomic mass is 15.4. The highest BCUT2D eigenvalue weighted by Crippen LogP contribution is 2.56. The average molecular weight is 669 g/mol. The van der Waals surface area contributed by atoms with Crippen molar-refractivity contribution >= 4 is 60.8 Å². The quantitative estimate of drug-likeness (QED) is 0.181. The van der Waals surface area contributed by atoms with Gasteiger partial charge in [0.25, 0.3) is 0 Å². The monoisotopic (exact) mass is 668 g/mol. The number of hydrogen-bond donors (Lipinski definition) is 2. The number of quaternary nitrogens is 2. The molecule has 52 heavy (non-hydrogen) atoms. The summed E-state index contributed by atoms with van der Waals surface area (Å²) < 4.78 is 2.40. The van der Waals surface area contributed by atoms with Gasteiger partial charge < -0.3 is 9.47 Å². The molecule has 4 aliphatic rings. The maximum absolute atomic E-state index is 2.78. The van der Waals surface area contributed by atoms with Gasteiger partial charge in [-0.3, -0.25) is 10.6 Å². The van der Waals surface area contributed by atoms with Crippen molar-refractivity contribution in [2.24, 2.45) is 0 Å². The van der Waals surface area contributed by atoms with E-state index in [1.807, 2.05) is 0 Å². The van der Waals surface area contributed by atoms with Gasteiger partial charge in [-0.15, -0.1) is 0 Å². The molecule has 4 heteroatoms. The Hall–Kier alpha value is -6.20. The molecule has 3 atom stereocenters. The Bertz CT molecular complexity index is 2840. The molecule has 4 nitrogen and oxygen atoms in total. The molecule has 4 N–H and O–H groups in total. The van der Waals surface area contributed by atoms with Crippen LogP contribution in [0.3, 0.4) is 0 Å². The molecule has 0 saturated heterocycles. The maximum atomic E-state index is 2.78. The van der Waals surface area contributed by atoms with Crippen LogP contribution in [-0.2, 0) is 0 Å². The van der Waals surface area contributed by atoms with Gasteiger partial charge in [0.1, 0.15) is 0 Å². The van der Waals surface area contributed by atoms with Crippen LogP contribution in [-0.4, -0.2) is 16.8 Å². The number of hydrogen-bond acceptors (Lipinski definition) is 1. The van der Waals surface area contributed by atoms with E-state index in [2.05, 4.69) is 184 Å². The van der Waals surface area contributed by atoms with Crippen molar-refractivity contribution in [1.29, 1.82) is 0 Å². The van der Waals surface area contributed by atoms with Crippen LogP contribution in [0.25, 0.3) is 60.5 Å². The summed E-state index contributed by atoms with van der Waals surface area (Å²) in [6.45, 7) is 0. The van der Waals surface area contributed by atoms with E-state index in [0.717, 1.165) is 6.42 Å². The summed E-state index contributed by atoms with van der Waals surface area (Å²) in [5.41, 5.74) is 17.3. The van der Waals surface area contributed by atoms with Gasteiger partial charge >= 0.3 is 0 Å². The molecule has 0 radical (unpaired) electrons. The molecule has 246 valence electrons. The van der Waals surface area contributed by atoms with Crippen LogP contribution in [0.1, 0.15) is 29.2 Å². The lowest BCUT2D eigenvalue weighted by molar-refractivity contribution is -0.735. The van der Waals surface area contributed by atoms with Gasteiger partial charge in [-0.2, -0.15) is 0 Å². The largest absolute Gasteiger partial charge is 0.309 e. The lowest BCUT2D eigenvalue weighted by atomic mass is 9.85. The first-order valence-electron chi connectivity index (χ1n) is 18.5. The van der Waals surface area contributed by atoms with Crippen LogP contribution in [0, 0.1) is 0 Å². The first-order valence-corrected chi connectivity index (χ1v) is 18.5. The number of nitrogens with two attached hydrogens (primary N) is 2. The molecule has 12 rings (SSSR count). The summed E-state index contributed by atoms with van der Waals surface area (Å²) in [5, 5.41) is 10.4. The van der Waals surface area contributed by atoms with Crippen molar-refractivity contribution in [1.82, 2.24) is 4.57 Å². The van der Waals surface area contributed by atoms with Crippen LogP contribution in [0.4, 0.5) is 17.1 Å². The van der Waals surface area contributed by atoms with E-state index in [1.54, 1.807) is 0 Å². The standard InChI is InChI=1S/C48H34N4/c1-3-11-29(12-4-1)32-19-22-40-41(28-32)49-46-39-27-33-13-7-8-16-35(33)45-38-26-31(21-24-44(38)52(47(39)45)48(46)50-40)30-20-23-43-37(25-30)36-17-9-10-18-42(36)51(43)34-14-5-2-6-15-34/h1-23,25-28,44,46,48-50H,24H2/p+2. The van der Waals surface area contributed by atoms with E-state index in [1.165, 1.54) is 94.3 Å². The Morgan fingerprint density at radius 3 is 2.19 bits per heavy atom. The third-order valence-corrected chi connectivity index (χ3v) is 12.1.